The smallest absolute Gasteiger partial charge is 0.255 e. The first-order chi connectivity index (χ1) is 12.9. The molecule has 0 bridgehead atoms. The number of hydrogen-bond acceptors (Lipinski definition) is 4. The van der Waals surface area contributed by atoms with Crippen LogP contribution in [0.3, 0.4) is 0 Å². The molecule has 5 heteroatoms. The van der Waals surface area contributed by atoms with E-state index < -0.39 is 0 Å². The van der Waals surface area contributed by atoms with Crippen LogP contribution in [0.2, 0.25) is 0 Å². The Hall–Kier alpha value is -2.79. The van der Waals surface area contributed by atoms with Gasteiger partial charge < -0.3 is 19.4 Å². The predicted octanol–water partition coefficient (Wildman–Crippen LogP) is 4.09. The number of hydrogen-bond donors (Lipinski definition) is 1. The third-order valence-electron chi connectivity index (χ3n) is 4.84. The number of aryl methyl sites for hydroxylation is 2. The molecule has 1 atom stereocenters. The predicted molar refractivity (Wildman–Crippen MR) is 107 cm³/mol. The van der Waals surface area contributed by atoms with Crippen molar-refractivity contribution in [2.45, 2.75) is 19.9 Å². The second-order valence-electron chi connectivity index (χ2n) is 7.00. The summed E-state index contributed by atoms with van der Waals surface area (Å²) in [6.45, 7) is 4.38. The van der Waals surface area contributed by atoms with Gasteiger partial charge in [-0.25, -0.2) is 0 Å². The molecular weight excluding hydrogens is 340 g/mol. The van der Waals surface area contributed by atoms with E-state index in [1.165, 1.54) is 11.1 Å². The Morgan fingerprint density at radius 1 is 1.15 bits per heavy atom. The van der Waals surface area contributed by atoms with E-state index in [0.717, 1.165) is 5.39 Å². The van der Waals surface area contributed by atoms with Crippen LogP contribution in [-0.4, -0.2) is 38.6 Å². The zero-order valence-electron chi connectivity index (χ0n) is 16.5. The molecular formula is C22H26N2O3. The Labute approximate surface area is 159 Å². The molecule has 1 amide bonds. The van der Waals surface area contributed by atoms with Crippen molar-refractivity contribution >= 4 is 16.9 Å². The number of carbonyl (C=O) groups is 1. The van der Waals surface area contributed by atoms with E-state index in [1.807, 2.05) is 39.2 Å². The first-order valence-corrected chi connectivity index (χ1v) is 8.99. The molecule has 5 nitrogen and oxygen atoms in total. The molecule has 3 aromatic rings. The lowest BCUT2D eigenvalue weighted by atomic mass is 10.0. The Bertz CT molecular complexity index is 942. The van der Waals surface area contributed by atoms with E-state index in [4.69, 9.17) is 9.15 Å². The fourth-order valence-corrected chi connectivity index (χ4v) is 3.27. The molecule has 1 N–H and O–H groups in total. The highest BCUT2D eigenvalue weighted by Crippen LogP contribution is 2.29. The van der Waals surface area contributed by atoms with Crippen LogP contribution >= 0.6 is 0 Å². The van der Waals surface area contributed by atoms with Crippen LogP contribution < -0.4 is 10.1 Å². The minimum absolute atomic E-state index is 0.0857. The largest absolute Gasteiger partial charge is 0.497 e. The molecule has 1 unspecified atom stereocenters. The van der Waals surface area contributed by atoms with Crippen LogP contribution in [0.5, 0.6) is 5.75 Å². The number of amides is 1. The van der Waals surface area contributed by atoms with Crippen molar-refractivity contribution in [2.75, 3.05) is 27.7 Å². The van der Waals surface area contributed by atoms with Crippen LogP contribution in [0.1, 0.15) is 33.3 Å². The van der Waals surface area contributed by atoms with Gasteiger partial charge in [0, 0.05) is 11.9 Å². The van der Waals surface area contributed by atoms with Gasteiger partial charge in [-0.2, -0.15) is 0 Å². The highest BCUT2D eigenvalue weighted by molar-refractivity contribution is 6.07. The molecule has 0 radical (unpaired) electrons. The molecule has 1 aromatic heterocycles. The highest BCUT2D eigenvalue weighted by Gasteiger charge is 2.21. The van der Waals surface area contributed by atoms with Gasteiger partial charge in [-0.3, -0.25) is 4.79 Å². The molecule has 1 heterocycles. The first-order valence-electron chi connectivity index (χ1n) is 8.99. The van der Waals surface area contributed by atoms with Crippen LogP contribution in [0.15, 0.2) is 46.9 Å². The molecule has 0 fully saturated rings. The van der Waals surface area contributed by atoms with Crippen molar-refractivity contribution in [2.24, 2.45) is 0 Å². The molecule has 0 spiro atoms. The lowest BCUT2D eigenvalue weighted by molar-refractivity contribution is 0.0942. The first kappa shape index (κ1) is 19.0. The van der Waals surface area contributed by atoms with Gasteiger partial charge in [0.2, 0.25) is 0 Å². The molecule has 27 heavy (non-hydrogen) atoms. The monoisotopic (exact) mass is 366 g/mol. The quantitative estimate of drug-likeness (QED) is 0.714. The third kappa shape index (κ3) is 3.98. The van der Waals surface area contributed by atoms with Crippen molar-refractivity contribution in [3.05, 3.63) is 64.9 Å². The normalized spacial score (nSPS) is 12.4. The fraction of sp³-hybridized carbons (Fsp3) is 0.318. The minimum atomic E-state index is -0.140. The number of benzene rings is 2. The van der Waals surface area contributed by atoms with Gasteiger partial charge in [0.25, 0.3) is 5.91 Å². The highest BCUT2D eigenvalue weighted by atomic mass is 16.5. The molecule has 0 aliphatic rings. The Balaban J connectivity index is 1.83. The summed E-state index contributed by atoms with van der Waals surface area (Å²) < 4.78 is 11.0. The summed E-state index contributed by atoms with van der Waals surface area (Å²) in [4.78, 5) is 15.0. The van der Waals surface area contributed by atoms with Crippen LogP contribution in [0.25, 0.3) is 11.0 Å². The van der Waals surface area contributed by atoms with Gasteiger partial charge in [0.05, 0.1) is 18.7 Å². The Morgan fingerprint density at radius 3 is 2.48 bits per heavy atom. The van der Waals surface area contributed by atoms with Crippen molar-refractivity contribution in [3.63, 3.8) is 0 Å². The van der Waals surface area contributed by atoms with Gasteiger partial charge in [-0.1, -0.05) is 29.8 Å². The van der Waals surface area contributed by atoms with E-state index in [0.29, 0.717) is 29.2 Å². The summed E-state index contributed by atoms with van der Waals surface area (Å²) >= 11 is 0. The SMILES string of the molecule is COc1ccc2oc(C)c(C(=O)NCC(c3ccc(C)cc3)N(C)C)c2c1. The van der Waals surface area contributed by atoms with Gasteiger partial charge in [-0.15, -0.1) is 0 Å². The molecule has 0 aliphatic heterocycles. The number of nitrogens with zero attached hydrogens (tertiary/aromatic N) is 1. The number of furan rings is 1. The molecule has 3 rings (SSSR count). The molecule has 0 saturated carbocycles. The Kier molecular flexibility index (Phi) is 5.51. The summed E-state index contributed by atoms with van der Waals surface area (Å²) in [5, 5.41) is 3.83. The summed E-state index contributed by atoms with van der Waals surface area (Å²) in [6.07, 6.45) is 0. The van der Waals surface area contributed by atoms with Crippen LogP contribution in [0, 0.1) is 13.8 Å². The Morgan fingerprint density at radius 2 is 1.85 bits per heavy atom. The summed E-state index contributed by atoms with van der Waals surface area (Å²) in [7, 11) is 5.64. The molecule has 0 saturated heterocycles. The summed E-state index contributed by atoms with van der Waals surface area (Å²) in [5.74, 6) is 1.16. The molecule has 142 valence electrons. The number of ether oxygens (including phenoxy) is 1. The lowest BCUT2D eigenvalue weighted by Crippen LogP contribution is -2.34. The van der Waals surface area contributed by atoms with Gasteiger partial charge in [0.15, 0.2) is 0 Å². The number of carbonyl (C=O) groups excluding carboxylic acids is 1. The van der Waals surface area contributed by atoms with Crippen molar-refractivity contribution in [1.29, 1.82) is 0 Å². The van der Waals surface area contributed by atoms with Gasteiger partial charge in [-0.05, 0) is 51.7 Å². The zero-order valence-corrected chi connectivity index (χ0v) is 16.5. The second-order valence-corrected chi connectivity index (χ2v) is 7.00. The maximum atomic E-state index is 12.9. The number of nitrogens with one attached hydrogen (secondary N) is 1. The second kappa shape index (κ2) is 7.84. The van der Waals surface area contributed by atoms with E-state index >= 15 is 0 Å². The van der Waals surface area contributed by atoms with Crippen LogP contribution in [-0.2, 0) is 0 Å². The minimum Gasteiger partial charge on any atom is -0.497 e. The van der Waals surface area contributed by atoms with E-state index in [-0.39, 0.29) is 11.9 Å². The van der Waals surface area contributed by atoms with E-state index in [1.54, 1.807) is 7.11 Å². The maximum absolute atomic E-state index is 12.9. The molecule has 0 aliphatic carbocycles. The van der Waals surface area contributed by atoms with E-state index in [2.05, 4.69) is 41.4 Å². The zero-order chi connectivity index (χ0) is 19.6. The van der Waals surface area contributed by atoms with E-state index in [9.17, 15) is 4.79 Å². The van der Waals surface area contributed by atoms with Gasteiger partial charge >= 0.3 is 0 Å². The fourth-order valence-electron chi connectivity index (χ4n) is 3.27. The lowest BCUT2D eigenvalue weighted by Gasteiger charge is -2.25. The summed E-state index contributed by atoms with van der Waals surface area (Å²) in [5.41, 5.74) is 3.63. The van der Waals surface area contributed by atoms with Crippen molar-refractivity contribution < 1.29 is 13.9 Å². The third-order valence-corrected chi connectivity index (χ3v) is 4.84. The van der Waals surface area contributed by atoms with Gasteiger partial charge in [0.1, 0.15) is 17.1 Å². The topological polar surface area (TPSA) is 54.7 Å². The maximum Gasteiger partial charge on any atom is 0.255 e. The van der Waals surface area contributed by atoms with Crippen molar-refractivity contribution in [3.8, 4) is 5.75 Å². The van der Waals surface area contributed by atoms with Crippen LogP contribution in [0.4, 0.5) is 0 Å². The number of methoxy groups -OCH3 is 1. The average molecular weight is 366 g/mol. The number of fused-ring (bicyclic) bond motifs is 1. The summed E-state index contributed by atoms with van der Waals surface area (Å²) in [6, 6.07) is 14.0. The molecule has 2 aromatic carbocycles. The number of likely N-dealkylation sites (N-methyl/N-ethyl adjacent to an activating group) is 1. The van der Waals surface area contributed by atoms with Crippen molar-refractivity contribution in [1.82, 2.24) is 10.2 Å². The number of rotatable bonds is 6. The standard InChI is InChI=1S/C22H26N2O3/c1-14-6-8-16(9-7-14)19(24(3)4)13-23-22(25)21-15(2)27-20-11-10-17(26-5)12-18(20)21/h6-12,19H,13H2,1-5H3,(H,23,25). The average Bonchev–Trinajstić information content (AvgIpc) is 2.97.